The molecule has 2 rings (SSSR count). The van der Waals surface area contributed by atoms with Crippen LogP contribution in [0, 0.1) is 11.6 Å². The first kappa shape index (κ1) is 13.7. The van der Waals surface area contributed by atoms with Gasteiger partial charge in [-0.15, -0.1) is 0 Å². The fourth-order valence-electron chi connectivity index (χ4n) is 2.15. The number of hydrogen-bond acceptors (Lipinski definition) is 1. The van der Waals surface area contributed by atoms with E-state index in [1.54, 1.807) is 0 Å². The van der Waals surface area contributed by atoms with Crippen LogP contribution in [0.1, 0.15) is 36.1 Å². The molecule has 0 aliphatic carbocycles. The van der Waals surface area contributed by atoms with Gasteiger partial charge in [0.25, 0.3) is 0 Å². The summed E-state index contributed by atoms with van der Waals surface area (Å²) in [5, 5.41) is 0. The highest BCUT2D eigenvalue weighted by atomic mass is 19.1. The first-order valence-corrected chi connectivity index (χ1v) is 6.41. The van der Waals surface area contributed by atoms with E-state index in [1.165, 1.54) is 23.8 Å². The molecule has 19 heavy (non-hydrogen) atoms. The number of nitrogens with two attached hydrogens (primary N) is 1. The number of aryl methyl sites for hydroxylation is 1. The summed E-state index contributed by atoms with van der Waals surface area (Å²) in [7, 11) is 0. The third-order valence-corrected chi connectivity index (χ3v) is 3.19. The maximum Gasteiger partial charge on any atom is 0.131 e. The zero-order chi connectivity index (χ0) is 13.8. The van der Waals surface area contributed by atoms with Crippen molar-refractivity contribution in [2.45, 2.75) is 25.8 Å². The topological polar surface area (TPSA) is 26.0 Å². The molecule has 1 nitrogen and oxygen atoms in total. The molecule has 0 heterocycles. The van der Waals surface area contributed by atoms with Crippen molar-refractivity contribution >= 4 is 0 Å². The summed E-state index contributed by atoms with van der Waals surface area (Å²) in [6, 6.07) is 10.6. The molecule has 2 aromatic carbocycles. The Morgan fingerprint density at radius 1 is 1.00 bits per heavy atom. The fourth-order valence-corrected chi connectivity index (χ4v) is 2.15. The zero-order valence-corrected chi connectivity index (χ0v) is 10.9. The van der Waals surface area contributed by atoms with Gasteiger partial charge in [0.05, 0.1) is 6.04 Å². The van der Waals surface area contributed by atoms with Crippen LogP contribution in [0.2, 0.25) is 0 Å². The van der Waals surface area contributed by atoms with Gasteiger partial charge in [-0.3, -0.25) is 0 Å². The Kier molecular flexibility index (Phi) is 4.27. The molecule has 0 aliphatic heterocycles. The maximum absolute atomic E-state index is 13.7. The lowest BCUT2D eigenvalue weighted by molar-refractivity contribution is 0.543. The van der Waals surface area contributed by atoms with Gasteiger partial charge in [-0.25, -0.2) is 8.78 Å². The highest BCUT2D eigenvalue weighted by Gasteiger charge is 2.17. The Morgan fingerprint density at radius 2 is 1.58 bits per heavy atom. The lowest BCUT2D eigenvalue weighted by Crippen LogP contribution is -2.15. The van der Waals surface area contributed by atoms with Gasteiger partial charge < -0.3 is 5.73 Å². The van der Waals surface area contributed by atoms with Crippen LogP contribution < -0.4 is 5.73 Å². The zero-order valence-electron chi connectivity index (χ0n) is 10.9. The Morgan fingerprint density at radius 3 is 2.11 bits per heavy atom. The minimum atomic E-state index is -0.781. The summed E-state index contributed by atoms with van der Waals surface area (Å²) in [5.74, 6) is -1.21. The van der Waals surface area contributed by atoms with Crippen LogP contribution in [0.5, 0.6) is 0 Å². The SMILES string of the molecule is CCCc1ccc(C(N)c2c(F)cccc2F)cc1. The maximum atomic E-state index is 13.7. The largest absolute Gasteiger partial charge is 0.320 e. The van der Waals surface area contributed by atoms with Crippen molar-refractivity contribution in [3.8, 4) is 0 Å². The molecule has 1 atom stereocenters. The summed E-state index contributed by atoms with van der Waals surface area (Å²) >= 11 is 0. The van der Waals surface area contributed by atoms with Gasteiger partial charge in [0.15, 0.2) is 0 Å². The monoisotopic (exact) mass is 261 g/mol. The van der Waals surface area contributed by atoms with Gasteiger partial charge in [0.2, 0.25) is 0 Å². The Labute approximate surface area is 112 Å². The lowest BCUT2D eigenvalue weighted by Gasteiger charge is -2.14. The van der Waals surface area contributed by atoms with Crippen LogP contribution in [-0.2, 0) is 6.42 Å². The minimum Gasteiger partial charge on any atom is -0.320 e. The molecule has 100 valence electrons. The van der Waals surface area contributed by atoms with Crippen LogP contribution in [0.3, 0.4) is 0 Å². The fraction of sp³-hybridized carbons (Fsp3) is 0.250. The summed E-state index contributed by atoms with van der Waals surface area (Å²) in [6.07, 6.45) is 2.05. The second-order valence-electron chi connectivity index (χ2n) is 4.60. The van der Waals surface area contributed by atoms with E-state index in [0.29, 0.717) is 5.56 Å². The molecule has 3 heteroatoms. The molecule has 0 aliphatic rings. The van der Waals surface area contributed by atoms with Gasteiger partial charge in [0.1, 0.15) is 11.6 Å². The van der Waals surface area contributed by atoms with Gasteiger partial charge in [-0.05, 0) is 29.7 Å². The van der Waals surface area contributed by atoms with Crippen molar-refractivity contribution in [3.05, 3.63) is 70.8 Å². The van der Waals surface area contributed by atoms with Gasteiger partial charge in [-0.1, -0.05) is 43.7 Å². The highest BCUT2D eigenvalue weighted by molar-refractivity contribution is 5.34. The first-order valence-electron chi connectivity index (χ1n) is 6.41. The molecular weight excluding hydrogens is 244 g/mol. The predicted molar refractivity (Wildman–Crippen MR) is 72.8 cm³/mol. The molecule has 0 saturated heterocycles. The summed E-state index contributed by atoms with van der Waals surface area (Å²) in [4.78, 5) is 0. The van der Waals surface area contributed by atoms with Crippen molar-refractivity contribution in [2.24, 2.45) is 5.73 Å². The molecule has 0 fully saturated rings. The van der Waals surface area contributed by atoms with Gasteiger partial charge >= 0.3 is 0 Å². The summed E-state index contributed by atoms with van der Waals surface area (Å²) in [6.45, 7) is 2.11. The second-order valence-corrected chi connectivity index (χ2v) is 4.60. The molecule has 0 spiro atoms. The number of benzene rings is 2. The van der Waals surface area contributed by atoms with E-state index < -0.39 is 17.7 Å². The summed E-state index contributed by atoms with van der Waals surface area (Å²) < 4.78 is 27.3. The van der Waals surface area contributed by atoms with Crippen LogP contribution >= 0.6 is 0 Å². The van der Waals surface area contributed by atoms with E-state index in [-0.39, 0.29) is 5.56 Å². The molecule has 0 amide bonds. The highest BCUT2D eigenvalue weighted by Crippen LogP contribution is 2.25. The van der Waals surface area contributed by atoms with Crippen LogP contribution in [0.4, 0.5) is 8.78 Å². The van der Waals surface area contributed by atoms with Crippen molar-refractivity contribution in [1.29, 1.82) is 0 Å². The Hall–Kier alpha value is -1.74. The number of rotatable bonds is 4. The third kappa shape index (κ3) is 2.99. The Bertz CT molecular complexity index is 529. The van der Waals surface area contributed by atoms with E-state index >= 15 is 0 Å². The smallest absolute Gasteiger partial charge is 0.131 e. The third-order valence-electron chi connectivity index (χ3n) is 3.19. The number of hydrogen-bond donors (Lipinski definition) is 1. The van der Waals surface area contributed by atoms with Crippen LogP contribution in [0.15, 0.2) is 42.5 Å². The molecule has 2 N–H and O–H groups in total. The molecule has 0 radical (unpaired) electrons. The standard InChI is InChI=1S/C16H17F2N/c1-2-4-11-7-9-12(10-8-11)16(19)15-13(17)5-3-6-14(15)18/h3,5-10,16H,2,4,19H2,1H3. The molecular formula is C16H17F2N. The molecule has 1 unspecified atom stereocenters. The van der Waals surface area contributed by atoms with Gasteiger partial charge in [-0.2, -0.15) is 0 Å². The molecule has 0 saturated carbocycles. The van der Waals surface area contributed by atoms with E-state index in [1.807, 2.05) is 24.3 Å². The Balaban J connectivity index is 2.31. The second kappa shape index (κ2) is 5.93. The average Bonchev–Trinajstić information content (AvgIpc) is 2.39. The minimum absolute atomic E-state index is 0.0780. The van der Waals surface area contributed by atoms with Crippen molar-refractivity contribution in [1.82, 2.24) is 0 Å². The van der Waals surface area contributed by atoms with Crippen LogP contribution in [-0.4, -0.2) is 0 Å². The molecule has 0 bridgehead atoms. The quantitative estimate of drug-likeness (QED) is 0.885. The van der Waals surface area contributed by atoms with E-state index in [4.69, 9.17) is 5.73 Å². The molecule has 0 aromatic heterocycles. The number of halogens is 2. The molecule has 2 aromatic rings. The summed E-state index contributed by atoms with van der Waals surface area (Å²) in [5.41, 5.74) is 7.80. The lowest BCUT2D eigenvalue weighted by atomic mass is 9.97. The first-order chi connectivity index (χ1) is 9.13. The van der Waals surface area contributed by atoms with Crippen molar-refractivity contribution in [2.75, 3.05) is 0 Å². The van der Waals surface area contributed by atoms with Crippen molar-refractivity contribution < 1.29 is 8.78 Å². The normalized spacial score (nSPS) is 12.4. The van der Waals surface area contributed by atoms with Crippen LogP contribution in [0.25, 0.3) is 0 Å². The van der Waals surface area contributed by atoms with E-state index in [9.17, 15) is 8.78 Å². The average molecular weight is 261 g/mol. The van der Waals surface area contributed by atoms with E-state index in [2.05, 4.69) is 6.92 Å². The van der Waals surface area contributed by atoms with E-state index in [0.717, 1.165) is 12.8 Å². The van der Waals surface area contributed by atoms with Crippen molar-refractivity contribution in [3.63, 3.8) is 0 Å². The van der Waals surface area contributed by atoms with Gasteiger partial charge in [0, 0.05) is 5.56 Å². The predicted octanol–water partition coefficient (Wildman–Crippen LogP) is 3.97.